The Morgan fingerprint density at radius 3 is 2.90 bits per heavy atom. The Kier molecular flexibility index (Phi) is 5.15. The van der Waals surface area contributed by atoms with Crippen LogP contribution in [0.1, 0.15) is 28.9 Å². The molecule has 0 aliphatic carbocycles. The molecule has 1 unspecified atom stereocenters. The molecule has 2 aromatic rings. The van der Waals surface area contributed by atoms with E-state index in [1.165, 1.54) is 5.56 Å². The van der Waals surface area contributed by atoms with Crippen molar-refractivity contribution < 1.29 is 14.6 Å². The standard InChI is InChI=1S/C15H17NO3S/c1-11(12-6-9-20-10-12)16-7-8-19-14-5-3-2-4-13(14)15(17)18/h2-6,9-11,16H,7-8H2,1H3,(H,17,18). The number of benzene rings is 1. The average molecular weight is 291 g/mol. The summed E-state index contributed by atoms with van der Waals surface area (Å²) in [5.41, 5.74) is 1.44. The minimum Gasteiger partial charge on any atom is -0.491 e. The highest BCUT2D eigenvalue weighted by molar-refractivity contribution is 7.07. The molecule has 106 valence electrons. The molecule has 2 rings (SSSR count). The predicted molar refractivity (Wildman–Crippen MR) is 79.6 cm³/mol. The fourth-order valence-corrected chi connectivity index (χ4v) is 2.60. The van der Waals surface area contributed by atoms with Crippen LogP contribution in [-0.2, 0) is 0 Å². The van der Waals surface area contributed by atoms with Gasteiger partial charge < -0.3 is 15.2 Å². The summed E-state index contributed by atoms with van der Waals surface area (Å²) < 4.78 is 5.53. The first kappa shape index (κ1) is 14.6. The second-order valence-corrected chi connectivity index (χ2v) is 5.16. The molecule has 20 heavy (non-hydrogen) atoms. The third-order valence-electron chi connectivity index (χ3n) is 2.97. The van der Waals surface area contributed by atoms with Gasteiger partial charge in [0.15, 0.2) is 0 Å². The van der Waals surface area contributed by atoms with Crippen molar-refractivity contribution in [2.24, 2.45) is 0 Å². The van der Waals surface area contributed by atoms with Crippen molar-refractivity contribution in [1.29, 1.82) is 0 Å². The number of hydrogen-bond acceptors (Lipinski definition) is 4. The van der Waals surface area contributed by atoms with Crippen molar-refractivity contribution >= 4 is 17.3 Å². The van der Waals surface area contributed by atoms with Gasteiger partial charge in [-0.2, -0.15) is 11.3 Å². The van der Waals surface area contributed by atoms with Crippen LogP contribution in [0.5, 0.6) is 5.75 Å². The van der Waals surface area contributed by atoms with Gasteiger partial charge in [0.2, 0.25) is 0 Å². The van der Waals surface area contributed by atoms with Crippen LogP contribution in [0.3, 0.4) is 0 Å². The Hall–Kier alpha value is -1.85. The molecule has 0 bridgehead atoms. The summed E-state index contributed by atoms with van der Waals surface area (Å²) >= 11 is 1.67. The Labute approximate surface area is 122 Å². The Balaban J connectivity index is 1.80. The fourth-order valence-electron chi connectivity index (χ4n) is 1.84. The van der Waals surface area contributed by atoms with E-state index in [0.29, 0.717) is 18.9 Å². The molecule has 0 radical (unpaired) electrons. The van der Waals surface area contributed by atoms with Crippen LogP contribution in [0.4, 0.5) is 0 Å². The molecule has 1 aromatic heterocycles. The maximum absolute atomic E-state index is 11.0. The highest BCUT2D eigenvalue weighted by Crippen LogP contribution is 2.18. The summed E-state index contributed by atoms with van der Waals surface area (Å²) in [4.78, 5) is 11.0. The van der Waals surface area contributed by atoms with Crippen molar-refractivity contribution in [1.82, 2.24) is 5.32 Å². The van der Waals surface area contributed by atoms with Crippen LogP contribution >= 0.6 is 11.3 Å². The number of para-hydroxylation sites is 1. The smallest absolute Gasteiger partial charge is 0.339 e. The summed E-state index contributed by atoms with van der Waals surface area (Å²) in [6.07, 6.45) is 0. The number of carbonyl (C=O) groups is 1. The molecular formula is C15H17NO3S. The van der Waals surface area contributed by atoms with Crippen LogP contribution in [0.2, 0.25) is 0 Å². The van der Waals surface area contributed by atoms with Crippen molar-refractivity contribution in [2.75, 3.05) is 13.2 Å². The molecule has 2 N–H and O–H groups in total. The number of carboxylic acid groups (broad SMARTS) is 1. The third kappa shape index (κ3) is 3.82. The first-order chi connectivity index (χ1) is 9.68. The van der Waals surface area contributed by atoms with Gasteiger partial charge >= 0.3 is 5.97 Å². The molecule has 0 fully saturated rings. The Morgan fingerprint density at radius 1 is 1.40 bits per heavy atom. The van der Waals surface area contributed by atoms with E-state index in [2.05, 4.69) is 23.7 Å². The van der Waals surface area contributed by atoms with E-state index >= 15 is 0 Å². The normalized spacial score (nSPS) is 12.1. The van der Waals surface area contributed by atoms with Crippen LogP contribution in [-0.4, -0.2) is 24.2 Å². The zero-order chi connectivity index (χ0) is 14.4. The van der Waals surface area contributed by atoms with E-state index in [-0.39, 0.29) is 11.6 Å². The molecule has 0 aliphatic heterocycles. The highest BCUT2D eigenvalue weighted by atomic mass is 32.1. The number of thiophene rings is 1. The van der Waals surface area contributed by atoms with Gasteiger partial charge in [-0.05, 0) is 41.4 Å². The fraction of sp³-hybridized carbons (Fsp3) is 0.267. The number of carboxylic acids is 1. The van der Waals surface area contributed by atoms with Gasteiger partial charge in [0, 0.05) is 12.6 Å². The minimum atomic E-state index is -0.972. The summed E-state index contributed by atoms with van der Waals surface area (Å²) in [6.45, 7) is 3.18. The largest absolute Gasteiger partial charge is 0.491 e. The molecule has 5 heteroatoms. The summed E-state index contributed by atoms with van der Waals surface area (Å²) in [5, 5.41) is 16.5. The zero-order valence-corrected chi connectivity index (χ0v) is 12.0. The van der Waals surface area contributed by atoms with E-state index in [9.17, 15) is 4.79 Å². The minimum absolute atomic E-state index is 0.193. The molecule has 0 aliphatic rings. The molecule has 0 saturated carbocycles. The molecule has 0 saturated heterocycles. The SMILES string of the molecule is CC(NCCOc1ccccc1C(=O)O)c1ccsc1. The lowest BCUT2D eigenvalue weighted by Gasteiger charge is -2.13. The highest BCUT2D eigenvalue weighted by Gasteiger charge is 2.10. The number of aromatic carboxylic acids is 1. The first-order valence-corrected chi connectivity index (χ1v) is 7.33. The number of hydrogen-bond donors (Lipinski definition) is 2. The third-order valence-corrected chi connectivity index (χ3v) is 3.67. The molecule has 1 atom stereocenters. The van der Waals surface area contributed by atoms with Crippen LogP contribution in [0.25, 0.3) is 0 Å². The van der Waals surface area contributed by atoms with E-state index < -0.39 is 5.97 Å². The van der Waals surface area contributed by atoms with E-state index in [4.69, 9.17) is 9.84 Å². The number of nitrogens with one attached hydrogen (secondary N) is 1. The summed E-state index contributed by atoms with van der Waals surface area (Å²) in [5.74, 6) is -0.565. The maximum atomic E-state index is 11.0. The van der Waals surface area contributed by atoms with Gasteiger partial charge in [-0.1, -0.05) is 12.1 Å². The number of rotatable bonds is 7. The monoisotopic (exact) mass is 291 g/mol. The van der Waals surface area contributed by atoms with Crippen molar-refractivity contribution in [3.63, 3.8) is 0 Å². The van der Waals surface area contributed by atoms with Crippen molar-refractivity contribution in [3.05, 3.63) is 52.2 Å². The van der Waals surface area contributed by atoms with E-state index in [0.717, 1.165) is 0 Å². The maximum Gasteiger partial charge on any atom is 0.339 e. The second-order valence-electron chi connectivity index (χ2n) is 4.38. The summed E-state index contributed by atoms with van der Waals surface area (Å²) in [6, 6.07) is 9.02. The van der Waals surface area contributed by atoms with E-state index in [1.807, 2.05) is 5.38 Å². The lowest BCUT2D eigenvalue weighted by atomic mass is 10.2. The molecule has 1 heterocycles. The van der Waals surface area contributed by atoms with Gasteiger partial charge in [0.1, 0.15) is 17.9 Å². The molecular weight excluding hydrogens is 274 g/mol. The lowest BCUT2D eigenvalue weighted by Crippen LogP contribution is -2.24. The van der Waals surface area contributed by atoms with Crippen LogP contribution < -0.4 is 10.1 Å². The Bertz CT molecular complexity index is 554. The Morgan fingerprint density at radius 2 is 2.20 bits per heavy atom. The molecule has 1 aromatic carbocycles. The molecule has 0 amide bonds. The topological polar surface area (TPSA) is 58.6 Å². The van der Waals surface area contributed by atoms with Gasteiger partial charge in [-0.15, -0.1) is 0 Å². The van der Waals surface area contributed by atoms with Crippen molar-refractivity contribution in [2.45, 2.75) is 13.0 Å². The zero-order valence-electron chi connectivity index (χ0n) is 11.2. The average Bonchev–Trinajstić information content (AvgIpc) is 2.98. The first-order valence-electron chi connectivity index (χ1n) is 6.39. The molecule has 0 spiro atoms. The van der Waals surface area contributed by atoms with Gasteiger partial charge in [-0.3, -0.25) is 0 Å². The van der Waals surface area contributed by atoms with Crippen LogP contribution in [0, 0.1) is 0 Å². The van der Waals surface area contributed by atoms with Gasteiger partial charge in [0.05, 0.1) is 0 Å². The summed E-state index contributed by atoms with van der Waals surface area (Å²) in [7, 11) is 0. The quantitative estimate of drug-likeness (QED) is 0.769. The van der Waals surface area contributed by atoms with Crippen LogP contribution in [0.15, 0.2) is 41.1 Å². The predicted octanol–water partition coefficient (Wildman–Crippen LogP) is 3.18. The van der Waals surface area contributed by atoms with Crippen molar-refractivity contribution in [3.8, 4) is 5.75 Å². The van der Waals surface area contributed by atoms with E-state index in [1.54, 1.807) is 35.6 Å². The lowest BCUT2D eigenvalue weighted by molar-refractivity contribution is 0.0692. The number of ether oxygens (including phenoxy) is 1. The molecule has 4 nitrogen and oxygen atoms in total. The second kappa shape index (κ2) is 7.07. The van der Waals surface area contributed by atoms with Gasteiger partial charge in [-0.25, -0.2) is 4.79 Å². The van der Waals surface area contributed by atoms with Gasteiger partial charge in [0.25, 0.3) is 0 Å².